The second-order valence-electron chi connectivity index (χ2n) is 7.13. The molecule has 164 valence electrons. The van der Waals surface area contributed by atoms with Crippen LogP contribution in [0.25, 0.3) is 0 Å². The molecule has 30 heavy (non-hydrogen) atoms. The van der Waals surface area contributed by atoms with Crippen molar-refractivity contribution in [1.82, 2.24) is 10.2 Å². The van der Waals surface area contributed by atoms with Crippen molar-refractivity contribution in [2.45, 2.75) is 50.6 Å². The number of piperidine rings is 1. The fraction of sp³-hybridized carbons (Fsp3) is 0.500. The van der Waals surface area contributed by atoms with Crippen molar-refractivity contribution >= 4 is 23.6 Å². The third-order valence-electron chi connectivity index (χ3n) is 4.98. The average Bonchev–Trinajstić information content (AvgIpc) is 2.72. The zero-order valence-corrected chi connectivity index (χ0v) is 16.3. The Morgan fingerprint density at radius 2 is 1.97 bits per heavy atom. The fourth-order valence-electron chi connectivity index (χ4n) is 3.42. The number of aliphatic carboxylic acids is 1. The number of aryl methyl sites for hydroxylation is 1. The number of rotatable bonds is 9. The van der Waals surface area contributed by atoms with E-state index in [4.69, 9.17) is 5.11 Å². The lowest BCUT2D eigenvalue weighted by Crippen LogP contribution is -2.55. The van der Waals surface area contributed by atoms with Crippen LogP contribution in [0.4, 0.5) is 8.78 Å². The lowest BCUT2D eigenvalue weighted by molar-refractivity contribution is -0.144. The van der Waals surface area contributed by atoms with Crippen LogP contribution in [0, 0.1) is 5.82 Å². The lowest BCUT2D eigenvalue weighted by Gasteiger charge is -2.35. The van der Waals surface area contributed by atoms with Gasteiger partial charge in [-0.3, -0.25) is 19.2 Å². The van der Waals surface area contributed by atoms with E-state index >= 15 is 0 Å². The Hall–Kier alpha value is -3.04. The molecule has 1 heterocycles. The second kappa shape index (κ2) is 10.7. The minimum atomic E-state index is -1.51. The highest BCUT2D eigenvalue weighted by molar-refractivity contribution is 5.95. The van der Waals surface area contributed by atoms with E-state index in [9.17, 15) is 33.1 Å². The quantitative estimate of drug-likeness (QED) is 0.548. The first kappa shape index (κ1) is 23.2. The minimum absolute atomic E-state index is 0.0197. The van der Waals surface area contributed by atoms with Crippen molar-refractivity contribution in [3.05, 3.63) is 29.6 Å². The number of carbonyl (C=O) groups excluding carboxylic acids is 3. The molecule has 1 aliphatic rings. The van der Waals surface area contributed by atoms with Crippen molar-refractivity contribution in [3.8, 4) is 5.75 Å². The van der Waals surface area contributed by atoms with Crippen LogP contribution >= 0.6 is 0 Å². The van der Waals surface area contributed by atoms with Gasteiger partial charge in [-0.2, -0.15) is 0 Å². The molecule has 2 rings (SSSR count). The molecule has 0 saturated carbocycles. The van der Waals surface area contributed by atoms with Gasteiger partial charge in [-0.15, -0.1) is 0 Å². The van der Waals surface area contributed by atoms with E-state index in [1.165, 1.54) is 17.0 Å². The van der Waals surface area contributed by atoms with Gasteiger partial charge in [0, 0.05) is 13.0 Å². The molecule has 2 atom stereocenters. The van der Waals surface area contributed by atoms with Crippen LogP contribution in [0.15, 0.2) is 18.2 Å². The van der Waals surface area contributed by atoms with Gasteiger partial charge >= 0.3 is 5.97 Å². The number of alkyl halides is 1. The zero-order valence-electron chi connectivity index (χ0n) is 16.3. The number of halogens is 2. The molecule has 1 aromatic carbocycles. The molecule has 1 aliphatic heterocycles. The zero-order chi connectivity index (χ0) is 22.3. The highest BCUT2D eigenvalue weighted by atomic mass is 19.1. The number of likely N-dealkylation sites (tertiary alicyclic amines) is 1. The van der Waals surface area contributed by atoms with Gasteiger partial charge in [-0.05, 0) is 49.4 Å². The fourth-order valence-corrected chi connectivity index (χ4v) is 3.42. The molecule has 0 aromatic heterocycles. The predicted molar refractivity (Wildman–Crippen MR) is 101 cm³/mol. The summed E-state index contributed by atoms with van der Waals surface area (Å²) in [5.74, 6) is -4.25. The molecular formula is C20H24F2N2O6. The molecule has 2 amide bonds. The maximum Gasteiger partial charge on any atom is 0.305 e. The molecule has 1 saturated heterocycles. The van der Waals surface area contributed by atoms with Crippen LogP contribution in [-0.4, -0.2) is 64.0 Å². The Labute approximate surface area is 171 Å². The van der Waals surface area contributed by atoms with E-state index in [2.05, 4.69) is 5.32 Å². The largest absolute Gasteiger partial charge is 0.508 e. The van der Waals surface area contributed by atoms with Gasteiger partial charge in [-0.25, -0.2) is 8.78 Å². The Morgan fingerprint density at radius 3 is 2.63 bits per heavy atom. The van der Waals surface area contributed by atoms with Crippen molar-refractivity contribution in [3.63, 3.8) is 0 Å². The number of carbonyl (C=O) groups is 4. The summed E-state index contributed by atoms with van der Waals surface area (Å²) >= 11 is 0. The number of carboxylic acid groups (broad SMARTS) is 1. The maximum atomic E-state index is 13.8. The number of hydrogen-bond donors (Lipinski definition) is 3. The molecule has 1 fully saturated rings. The van der Waals surface area contributed by atoms with Gasteiger partial charge in [0.1, 0.15) is 30.3 Å². The van der Waals surface area contributed by atoms with Crippen LogP contribution in [0.1, 0.15) is 37.7 Å². The SMILES string of the molecule is O=C(O)CC(NC(=O)C1CCCCN1C(=O)CCc1cc(O)ccc1F)C(=O)CF. The highest BCUT2D eigenvalue weighted by Gasteiger charge is 2.34. The first-order chi connectivity index (χ1) is 14.2. The van der Waals surface area contributed by atoms with Gasteiger partial charge < -0.3 is 20.4 Å². The van der Waals surface area contributed by atoms with Crippen molar-refractivity contribution in [1.29, 1.82) is 0 Å². The van der Waals surface area contributed by atoms with Crippen LogP contribution in [0.5, 0.6) is 5.75 Å². The molecule has 1 aromatic rings. The van der Waals surface area contributed by atoms with Crippen molar-refractivity contribution in [2.24, 2.45) is 0 Å². The number of carboxylic acids is 1. The van der Waals surface area contributed by atoms with Gasteiger partial charge in [-0.1, -0.05) is 0 Å². The molecule has 0 bridgehead atoms. The maximum absolute atomic E-state index is 13.8. The van der Waals surface area contributed by atoms with E-state index < -0.39 is 54.6 Å². The summed E-state index contributed by atoms with van der Waals surface area (Å²) < 4.78 is 26.5. The summed E-state index contributed by atoms with van der Waals surface area (Å²) in [6.07, 6.45) is 0.757. The molecular weight excluding hydrogens is 402 g/mol. The third-order valence-corrected chi connectivity index (χ3v) is 4.98. The van der Waals surface area contributed by atoms with Crippen LogP contribution < -0.4 is 5.32 Å². The van der Waals surface area contributed by atoms with Gasteiger partial charge in [0.2, 0.25) is 11.8 Å². The summed E-state index contributed by atoms with van der Waals surface area (Å²) in [7, 11) is 0. The smallest absolute Gasteiger partial charge is 0.305 e. The Bertz CT molecular complexity index is 816. The summed E-state index contributed by atoms with van der Waals surface area (Å²) in [5, 5.41) is 20.6. The molecule has 8 nitrogen and oxygen atoms in total. The summed E-state index contributed by atoms with van der Waals surface area (Å²) in [4.78, 5) is 49.1. The number of ketones is 1. The molecule has 0 radical (unpaired) electrons. The van der Waals surface area contributed by atoms with Crippen LogP contribution in [-0.2, 0) is 25.6 Å². The number of nitrogens with one attached hydrogen (secondary N) is 1. The average molecular weight is 426 g/mol. The van der Waals surface area contributed by atoms with Gasteiger partial charge in [0.25, 0.3) is 0 Å². The second-order valence-corrected chi connectivity index (χ2v) is 7.13. The summed E-state index contributed by atoms with van der Waals surface area (Å²) in [6, 6.07) is 1.07. The number of nitrogens with zero attached hydrogens (tertiary/aromatic N) is 1. The van der Waals surface area contributed by atoms with E-state index in [1.807, 2.05) is 0 Å². The number of phenolic OH excluding ortho intramolecular Hbond substituents is 1. The number of Topliss-reactive ketones (excluding diaryl/α,β-unsaturated/α-hetero) is 1. The third kappa shape index (κ3) is 6.23. The normalized spacial score (nSPS) is 17.3. The topological polar surface area (TPSA) is 124 Å². The predicted octanol–water partition coefficient (Wildman–Crippen LogP) is 1.34. The van der Waals surface area contributed by atoms with Gasteiger partial charge in [0.15, 0.2) is 5.78 Å². The molecule has 10 heteroatoms. The number of phenols is 1. The molecule has 0 spiro atoms. The minimum Gasteiger partial charge on any atom is -0.508 e. The van der Waals surface area contributed by atoms with Crippen LogP contribution in [0.3, 0.4) is 0 Å². The van der Waals surface area contributed by atoms with E-state index in [-0.39, 0.29) is 30.7 Å². The lowest BCUT2D eigenvalue weighted by atomic mass is 9.99. The number of aromatic hydroxyl groups is 1. The standard InChI is InChI=1S/C20H24F2N2O6/c21-11-17(26)15(10-19(28)29)23-20(30)16-3-1-2-8-24(16)18(27)7-4-12-9-13(25)5-6-14(12)22/h5-6,9,15-16,25H,1-4,7-8,10-11H2,(H,23,30)(H,28,29). The Kier molecular flexibility index (Phi) is 8.25. The Morgan fingerprint density at radius 1 is 1.23 bits per heavy atom. The van der Waals surface area contributed by atoms with Crippen molar-refractivity contribution in [2.75, 3.05) is 13.2 Å². The first-order valence-corrected chi connectivity index (χ1v) is 9.60. The number of amides is 2. The monoisotopic (exact) mass is 426 g/mol. The van der Waals surface area contributed by atoms with Gasteiger partial charge in [0.05, 0.1) is 6.42 Å². The first-order valence-electron chi connectivity index (χ1n) is 9.60. The van der Waals surface area contributed by atoms with E-state index in [0.717, 1.165) is 6.07 Å². The molecule has 0 aliphatic carbocycles. The van der Waals surface area contributed by atoms with E-state index in [1.54, 1.807) is 0 Å². The number of benzene rings is 1. The summed E-state index contributed by atoms with van der Waals surface area (Å²) in [5.41, 5.74) is 0.163. The summed E-state index contributed by atoms with van der Waals surface area (Å²) in [6.45, 7) is -1.14. The number of hydrogen-bond acceptors (Lipinski definition) is 5. The van der Waals surface area contributed by atoms with Crippen LogP contribution in [0.2, 0.25) is 0 Å². The Balaban J connectivity index is 2.05. The molecule has 3 N–H and O–H groups in total. The highest BCUT2D eigenvalue weighted by Crippen LogP contribution is 2.21. The van der Waals surface area contributed by atoms with Crippen molar-refractivity contribution < 1.29 is 38.2 Å². The van der Waals surface area contributed by atoms with E-state index in [0.29, 0.717) is 19.3 Å². The molecule has 2 unspecified atom stereocenters.